The van der Waals surface area contributed by atoms with Gasteiger partial charge in [0.05, 0.1) is 22.5 Å². The summed E-state index contributed by atoms with van der Waals surface area (Å²) in [6.07, 6.45) is 20.5. The number of nitrogens with one attached hydrogen (secondary N) is 1. The van der Waals surface area contributed by atoms with Crippen molar-refractivity contribution in [3.8, 4) is 11.3 Å². The Kier molecular flexibility index (Phi) is 25.9. The monoisotopic (exact) mass is 843 g/mol. The lowest BCUT2D eigenvalue weighted by atomic mass is 9.73. The SMILES string of the molecule is C=C/C(F)=C(\C=C(C)C)Nc1nc(-c2ccc3c(c2)N(C2CC(CC)C2)C(=O)C3(CCC)CCC)cc(N=CCC)c1C.CC(C)C.CCC(C)C(C)=O.CCCCCCC. The zero-order valence-corrected chi connectivity index (χ0v) is 41.5. The molecule has 1 aliphatic carbocycles. The molecule has 7 heteroatoms. The van der Waals surface area contributed by atoms with E-state index in [1.165, 1.54) is 38.2 Å². The van der Waals surface area contributed by atoms with Crippen LogP contribution in [0.4, 0.5) is 21.6 Å². The number of carbonyl (C=O) groups excluding carboxylic acids is 2. The Morgan fingerprint density at radius 1 is 0.951 bits per heavy atom. The van der Waals surface area contributed by atoms with Gasteiger partial charge in [-0.05, 0) is 108 Å². The van der Waals surface area contributed by atoms with E-state index in [0.717, 1.165) is 103 Å². The number of allylic oxidation sites excluding steroid dienone is 4. The van der Waals surface area contributed by atoms with Crippen LogP contribution in [0.15, 0.2) is 65.1 Å². The smallest absolute Gasteiger partial charge is 0.237 e. The number of aromatic nitrogens is 1. The van der Waals surface area contributed by atoms with E-state index in [2.05, 4.69) is 90.4 Å². The molecule has 0 saturated heterocycles. The maximum absolute atomic E-state index is 14.9. The molecule has 0 radical (unpaired) electrons. The molecule has 1 N–H and O–H groups in total. The van der Waals surface area contributed by atoms with Crippen molar-refractivity contribution in [1.29, 1.82) is 0 Å². The van der Waals surface area contributed by atoms with Crippen LogP contribution in [-0.2, 0) is 15.0 Å². The van der Waals surface area contributed by atoms with Gasteiger partial charge in [-0.1, -0.05) is 152 Å². The Morgan fingerprint density at radius 2 is 1.54 bits per heavy atom. The van der Waals surface area contributed by atoms with Crippen molar-refractivity contribution in [1.82, 2.24) is 4.98 Å². The molecule has 1 fully saturated rings. The van der Waals surface area contributed by atoms with Crippen LogP contribution in [-0.4, -0.2) is 28.9 Å². The van der Waals surface area contributed by atoms with Crippen LogP contribution in [0.25, 0.3) is 11.3 Å². The molecule has 2 aliphatic rings. The third kappa shape index (κ3) is 16.7. The van der Waals surface area contributed by atoms with Crippen LogP contribution in [0.1, 0.15) is 198 Å². The van der Waals surface area contributed by atoms with E-state index in [9.17, 15) is 14.0 Å². The number of amides is 1. The van der Waals surface area contributed by atoms with E-state index in [1.54, 1.807) is 13.0 Å². The van der Waals surface area contributed by atoms with Gasteiger partial charge in [0.1, 0.15) is 17.4 Å². The highest BCUT2D eigenvalue weighted by Gasteiger charge is 2.53. The van der Waals surface area contributed by atoms with Crippen molar-refractivity contribution in [2.75, 3.05) is 10.2 Å². The second-order valence-electron chi connectivity index (χ2n) is 18.1. The van der Waals surface area contributed by atoms with E-state index in [-0.39, 0.29) is 17.9 Å². The maximum Gasteiger partial charge on any atom is 0.237 e. The van der Waals surface area contributed by atoms with Gasteiger partial charge in [0.15, 0.2) is 0 Å². The summed E-state index contributed by atoms with van der Waals surface area (Å²) in [5.74, 6) is 2.43. The lowest BCUT2D eigenvalue weighted by Crippen LogP contribution is -2.50. The minimum Gasteiger partial charge on any atom is -0.338 e. The maximum atomic E-state index is 14.9. The molecule has 61 heavy (non-hydrogen) atoms. The molecular formula is C54H87FN4O2. The topological polar surface area (TPSA) is 74.7 Å². The fourth-order valence-corrected chi connectivity index (χ4v) is 7.66. The molecule has 4 rings (SSSR count). The molecule has 1 unspecified atom stereocenters. The van der Waals surface area contributed by atoms with Crippen molar-refractivity contribution >= 4 is 35.1 Å². The number of carbonyl (C=O) groups is 2. The lowest BCUT2D eigenvalue weighted by Gasteiger charge is -2.42. The number of hydrogen-bond acceptors (Lipinski definition) is 5. The number of ketones is 1. The molecule has 2 heterocycles. The third-order valence-electron chi connectivity index (χ3n) is 11.5. The molecule has 0 spiro atoms. The molecule has 1 aromatic carbocycles. The summed E-state index contributed by atoms with van der Waals surface area (Å²) in [6.45, 7) is 34.6. The number of anilines is 2. The molecule has 1 aliphatic heterocycles. The Balaban J connectivity index is 0.000000863. The molecule has 2 aromatic rings. The van der Waals surface area contributed by atoms with Gasteiger partial charge in [-0.3, -0.25) is 14.6 Å². The summed E-state index contributed by atoms with van der Waals surface area (Å²) in [5.41, 5.74) is 6.21. The van der Waals surface area contributed by atoms with Gasteiger partial charge in [-0.2, -0.15) is 0 Å². The fourth-order valence-electron chi connectivity index (χ4n) is 7.66. The summed E-state index contributed by atoms with van der Waals surface area (Å²) < 4.78 is 14.9. The highest BCUT2D eigenvalue weighted by molar-refractivity contribution is 6.09. The van der Waals surface area contributed by atoms with Gasteiger partial charge in [0, 0.05) is 35.0 Å². The first kappa shape index (κ1) is 55.1. The number of halogens is 1. The zero-order chi connectivity index (χ0) is 46.3. The fraction of sp³-hybridized carbons (Fsp3) is 0.630. The molecular weight excluding hydrogens is 756 g/mol. The van der Waals surface area contributed by atoms with E-state index < -0.39 is 11.2 Å². The Labute approximate surface area is 373 Å². The van der Waals surface area contributed by atoms with Crippen LogP contribution in [0, 0.1) is 24.7 Å². The average Bonchev–Trinajstić information content (AvgIpc) is 3.43. The number of rotatable bonds is 19. The van der Waals surface area contributed by atoms with Crippen molar-refractivity contribution in [2.24, 2.45) is 22.7 Å². The average molecular weight is 843 g/mol. The van der Waals surface area contributed by atoms with E-state index in [0.29, 0.717) is 23.2 Å². The summed E-state index contributed by atoms with van der Waals surface area (Å²) in [7, 11) is 0. The predicted molar refractivity (Wildman–Crippen MR) is 265 cm³/mol. The third-order valence-corrected chi connectivity index (χ3v) is 11.5. The van der Waals surface area contributed by atoms with E-state index in [1.807, 2.05) is 53.8 Å². The predicted octanol–water partition coefficient (Wildman–Crippen LogP) is 16.5. The van der Waals surface area contributed by atoms with Crippen LogP contribution < -0.4 is 10.2 Å². The summed E-state index contributed by atoms with van der Waals surface area (Å²) in [5, 5.41) is 3.23. The quantitative estimate of drug-likeness (QED) is 0.0868. The summed E-state index contributed by atoms with van der Waals surface area (Å²) >= 11 is 0. The minimum absolute atomic E-state index is 0.244. The molecule has 342 valence electrons. The van der Waals surface area contributed by atoms with Gasteiger partial charge < -0.3 is 10.2 Å². The number of pyridine rings is 1. The second kappa shape index (κ2) is 28.7. The first-order chi connectivity index (χ1) is 29.0. The van der Waals surface area contributed by atoms with Gasteiger partial charge in [-0.15, -0.1) is 0 Å². The van der Waals surface area contributed by atoms with Gasteiger partial charge in [0.2, 0.25) is 5.91 Å². The van der Waals surface area contributed by atoms with Gasteiger partial charge >= 0.3 is 0 Å². The van der Waals surface area contributed by atoms with Crippen molar-refractivity contribution in [2.45, 2.75) is 205 Å². The number of unbranched alkanes of at least 4 members (excludes halogenated alkanes) is 4. The number of fused-ring (bicyclic) bond motifs is 1. The first-order valence-corrected chi connectivity index (χ1v) is 23.9. The highest BCUT2D eigenvalue weighted by atomic mass is 19.1. The second-order valence-corrected chi connectivity index (χ2v) is 18.1. The van der Waals surface area contributed by atoms with E-state index >= 15 is 0 Å². The van der Waals surface area contributed by atoms with E-state index in [4.69, 9.17) is 9.98 Å². The summed E-state index contributed by atoms with van der Waals surface area (Å²) in [6, 6.07) is 8.65. The first-order valence-electron chi connectivity index (χ1n) is 23.9. The van der Waals surface area contributed by atoms with Crippen molar-refractivity contribution in [3.63, 3.8) is 0 Å². The molecule has 1 aromatic heterocycles. The Bertz CT molecular complexity index is 1730. The van der Waals surface area contributed by atoms with Gasteiger partial charge in [0.25, 0.3) is 0 Å². The van der Waals surface area contributed by atoms with Crippen LogP contribution >= 0.6 is 0 Å². The number of nitrogens with zero attached hydrogens (tertiary/aromatic N) is 3. The molecule has 1 saturated carbocycles. The minimum atomic E-state index is -0.467. The van der Waals surface area contributed by atoms with Crippen LogP contribution in [0.5, 0.6) is 0 Å². The number of aliphatic imine (C=N–C) groups is 1. The summed E-state index contributed by atoms with van der Waals surface area (Å²) in [4.78, 5) is 36.6. The standard InChI is InChI=1S/C37H49FN4O.C7H16.C6H12O.C4H10/c1-9-16-37(17-10-2)29-15-14-27(22-34(29)42(36(37)43)28-20-26(12-4)21-28)32-23-31(39-18-11-3)25(8)35(40-32)41-33(19-24(6)7)30(38)13-5;1-3-5-7-6-4-2;1-4-5(2)6(3)7;1-4(2)3/h13-15,18-19,22-23,26,28H,5,9-12,16-17,20-21H2,1-4,6-8H3,(H,40,41);3-7H2,1-2H3;5H,4H2,1-3H3;4H,1-3H3/b33-30-,39-18?;;;. The zero-order valence-electron chi connectivity index (χ0n) is 41.5. The van der Waals surface area contributed by atoms with Crippen LogP contribution in [0.2, 0.25) is 0 Å². The molecule has 1 amide bonds. The molecule has 1 atom stereocenters. The molecule has 6 nitrogen and oxygen atoms in total. The largest absolute Gasteiger partial charge is 0.338 e. The van der Waals surface area contributed by atoms with Gasteiger partial charge in [-0.25, -0.2) is 9.37 Å². The lowest BCUT2D eigenvalue weighted by molar-refractivity contribution is -0.125. The van der Waals surface area contributed by atoms with Crippen LogP contribution in [0.3, 0.4) is 0 Å². The highest BCUT2D eigenvalue weighted by Crippen LogP contribution is 2.52. The Morgan fingerprint density at radius 3 is 1.98 bits per heavy atom. The van der Waals surface area contributed by atoms with Crippen molar-refractivity contribution < 1.29 is 14.0 Å². The number of hydrogen-bond donors (Lipinski definition) is 1. The normalized spacial score (nSPS) is 17.1. The molecule has 0 bridgehead atoms. The van der Waals surface area contributed by atoms with Crippen molar-refractivity contribution in [3.05, 3.63) is 71.2 Å². The number of benzene rings is 1. The number of Topliss-reactive ketones (excluding diaryl/α,β-unsaturated/α-hetero) is 1. The Hall–Kier alpha value is -3.87.